The molecule has 0 saturated heterocycles. The molecular formula is C46H32. The van der Waals surface area contributed by atoms with E-state index in [1.807, 2.05) is 0 Å². The second kappa shape index (κ2) is 10.4. The van der Waals surface area contributed by atoms with Crippen molar-refractivity contribution in [2.75, 3.05) is 0 Å². The van der Waals surface area contributed by atoms with E-state index in [0.717, 1.165) is 0 Å². The van der Waals surface area contributed by atoms with Crippen LogP contribution in [0.5, 0.6) is 0 Å². The monoisotopic (exact) mass is 584 g/mol. The fourth-order valence-corrected chi connectivity index (χ4v) is 7.97. The second-order valence-electron chi connectivity index (χ2n) is 12.5. The first-order valence-corrected chi connectivity index (χ1v) is 16.1. The molecule has 8 aromatic rings. The van der Waals surface area contributed by atoms with Crippen molar-refractivity contribution in [1.82, 2.24) is 0 Å². The van der Waals surface area contributed by atoms with Gasteiger partial charge in [0.25, 0.3) is 0 Å². The Hall–Kier alpha value is -5.72. The third-order valence-electron chi connectivity index (χ3n) is 10.0. The smallest absolute Gasteiger partial charge is 0.0622 e. The number of aryl methyl sites for hydroxylation is 1. The summed E-state index contributed by atoms with van der Waals surface area (Å²) in [5, 5.41) is 5.11. The van der Waals surface area contributed by atoms with Gasteiger partial charge in [0, 0.05) is 0 Å². The summed E-state index contributed by atoms with van der Waals surface area (Å²) >= 11 is 0. The van der Waals surface area contributed by atoms with E-state index in [2.05, 4.69) is 183 Å². The molecule has 0 N–H and O–H groups in total. The summed E-state index contributed by atoms with van der Waals surface area (Å²) in [4.78, 5) is 0. The molecule has 0 saturated carbocycles. The van der Waals surface area contributed by atoms with Crippen LogP contribution in [0.1, 0.15) is 27.8 Å². The molecule has 0 aliphatic heterocycles. The first kappa shape index (κ1) is 26.7. The lowest BCUT2D eigenvalue weighted by Gasteiger charge is -2.34. The average Bonchev–Trinajstić information content (AvgIpc) is 3.43. The molecule has 0 nitrogen and oxygen atoms in total. The van der Waals surface area contributed by atoms with E-state index in [-0.39, 0.29) is 0 Å². The predicted octanol–water partition coefficient (Wildman–Crippen LogP) is 12.0. The lowest BCUT2D eigenvalue weighted by atomic mass is 9.67. The highest BCUT2D eigenvalue weighted by Crippen LogP contribution is 2.57. The summed E-state index contributed by atoms with van der Waals surface area (Å²) < 4.78 is 0. The highest BCUT2D eigenvalue weighted by molar-refractivity contribution is 6.05. The third-order valence-corrected chi connectivity index (χ3v) is 10.0. The molecule has 0 radical (unpaired) electrons. The molecule has 1 aliphatic carbocycles. The predicted molar refractivity (Wildman–Crippen MR) is 194 cm³/mol. The van der Waals surface area contributed by atoms with Gasteiger partial charge in [-0.2, -0.15) is 0 Å². The zero-order valence-electron chi connectivity index (χ0n) is 25.7. The summed E-state index contributed by atoms with van der Waals surface area (Å²) in [5.41, 5.74) is 13.8. The Morgan fingerprint density at radius 2 is 0.913 bits per heavy atom. The molecule has 9 rings (SSSR count). The second-order valence-corrected chi connectivity index (χ2v) is 12.5. The molecule has 0 heterocycles. The van der Waals surface area contributed by atoms with Crippen LogP contribution in [0.15, 0.2) is 176 Å². The Morgan fingerprint density at radius 1 is 0.348 bits per heavy atom. The van der Waals surface area contributed by atoms with Crippen molar-refractivity contribution in [2.45, 2.75) is 12.3 Å². The summed E-state index contributed by atoms with van der Waals surface area (Å²) in [5.74, 6) is 0. The van der Waals surface area contributed by atoms with Crippen molar-refractivity contribution >= 4 is 21.5 Å². The molecule has 1 unspecified atom stereocenters. The van der Waals surface area contributed by atoms with Crippen LogP contribution in [-0.4, -0.2) is 0 Å². The average molecular weight is 585 g/mol. The van der Waals surface area contributed by atoms with Crippen LogP contribution in [0, 0.1) is 6.92 Å². The van der Waals surface area contributed by atoms with E-state index in [9.17, 15) is 0 Å². The molecule has 0 aromatic heterocycles. The fraction of sp³-hybridized carbons (Fsp3) is 0.0435. The number of benzene rings is 8. The fourth-order valence-electron chi connectivity index (χ4n) is 7.97. The summed E-state index contributed by atoms with van der Waals surface area (Å²) in [7, 11) is 0. The van der Waals surface area contributed by atoms with Crippen molar-refractivity contribution in [3.8, 4) is 33.4 Å². The quantitative estimate of drug-likeness (QED) is 0.193. The molecule has 1 atom stereocenters. The topological polar surface area (TPSA) is 0 Å². The van der Waals surface area contributed by atoms with Crippen LogP contribution < -0.4 is 0 Å². The zero-order chi connectivity index (χ0) is 30.7. The van der Waals surface area contributed by atoms with Crippen molar-refractivity contribution in [3.05, 3.63) is 204 Å². The molecule has 0 bridgehead atoms. The van der Waals surface area contributed by atoms with Crippen molar-refractivity contribution in [3.63, 3.8) is 0 Å². The standard InChI is InChI=1S/C46H32/c1-31-19-21-35(22-20-31)44-38-15-7-5-11-32(38)25-29-40(44)34-23-27-37(28-24-34)46(36-13-3-2-4-14-36)42-18-10-9-17-41(42)45-39-16-8-6-12-33(39)26-30-43(45)46/h2-30H,1H3. The molecule has 8 aromatic carbocycles. The Labute approximate surface area is 270 Å². The van der Waals surface area contributed by atoms with Gasteiger partial charge in [0.1, 0.15) is 0 Å². The maximum absolute atomic E-state index is 2.37. The van der Waals surface area contributed by atoms with Crippen LogP contribution in [0.2, 0.25) is 0 Å². The molecule has 0 amide bonds. The van der Waals surface area contributed by atoms with E-state index in [1.54, 1.807) is 0 Å². The van der Waals surface area contributed by atoms with Gasteiger partial charge in [-0.15, -0.1) is 0 Å². The Balaban J connectivity index is 1.30. The molecule has 0 fully saturated rings. The van der Waals surface area contributed by atoms with Gasteiger partial charge in [0.05, 0.1) is 5.41 Å². The van der Waals surface area contributed by atoms with Gasteiger partial charge >= 0.3 is 0 Å². The maximum atomic E-state index is 2.37. The van der Waals surface area contributed by atoms with Crippen molar-refractivity contribution in [1.29, 1.82) is 0 Å². The SMILES string of the molecule is Cc1ccc(-c2c(-c3ccc(C4(c5ccccc5)c5ccccc5-c5c4ccc4ccccc54)cc3)ccc3ccccc23)cc1. The maximum Gasteiger partial charge on any atom is 0.0713 e. The van der Waals surface area contributed by atoms with Gasteiger partial charge in [0.2, 0.25) is 0 Å². The molecule has 0 heteroatoms. The van der Waals surface area contributed by atoms with Crippen LogP contribution >= 0.6 is 0 Å². The van der Waals surface area contributed by atoms with Crippen LogP contribution in [-0.2, 0) is 5.41 Å². The van der Waals surface area contributed by atoms with E-state index in [1.165, 1.54) is 82.7 Å². The largest absolute Gasteiger partial charge is 0.0713 e. The summed E-state index contributed by atoms with van der Waals surface area (Å²) in [6.07, 6.45) is 0. The Kier molecular flexibility index (Phi) is 6.05. The first-order chi connectivity index (χ1) is 22.7. The Morgan fingerprint density at radius 3 is 1.65 bits per heavy atom. The lowest BCUT2D eigenvalue weighted by Crippen LogP contribution is -2.28. The number of rotatable bonds is 4. The third kappa shape index (κ3) is 3.87. The number of fused-ring (bicyclic) bond motifs is 6. The highest BCUT2D eigenvalue weighted by Gasteiger charge is 2.46. The highest BCUT2D eigenvalue weighted by atomic mass is 14.5. The van der Waals surface area contributed by atoms with E-state index in [0.29, 0.717) is 0 Å². The molecule has 0 spiro atoms. The molecule has 46 heavy (non-hydrogen) atoms. The van der Waals surface area contributed by atoms with Gasteiger partial charge in [-0.3, -0.25) is 0 Å². The van der Waals surface area contributed by atoms with Gasteiger partial charge in [0.15, 0.2) is 0 Å². The lowest BCUT2D eigenvalue weighted by molar-refractivity contribution is 0.769. The first-order valence-electron chi connectivity index (χ1n) is 16.1. The molecular weight excluding hydrogens is 553 g/mol. The van der Waals surface area contributed by atoms with Gasteiger partial charge in [-0.1, -0.05) is 181 Å². The van der Waals surface area contributed by atoms with Gasteiger partial charge in [-0.05, 0) is 84.1 Å². The number of hydrogen-bond acceptors (Lipinski definition) is 0. The van der Waals surface area contributed by atoms with Crippen molar-refractivity contribution in [2.24, 2.45) is 0 Å². The van der Waals surface area contributed by atoms with Gasteiger partial charge < -0.3 is 0 Å². The Bertz CT molecular complexity index is 2400. The summed E-state index contributed by atoms with van der Waals surface area (Å²) in [6, 6.07) is 65.2. The van der Waals surface area contributed by atoms with Crippen LogP contribution in [0.4, 0.5) is 0 Å². The van der Waals surface area contributed by atoms with Crippen LogP contribution in [0.3, 0.4) is 0 Å². The van der Waals surface area contributed by atoms with E-state index < -0.39 is 5.41 Å². The van der Waals surface area contributed by atoms with Crippen LogP contribution in [0.25, 0.3) is 54.9 Å². The normalized spacial score (nSPS) is 15.2. The minimum atomic E-state index is -0.432. The number of hydrogen-bond donors (Lipinski definition) is 0. The van der Waals surface area contributed by atoms with E-state index >= 15 is 0 Å². The van der Waals surface area contributed by atoms with Crippen molar-refractivity contribution < 1.29 is 0 Å². The summed E-state index contributed by atoms with van der Waals surface area (Å²) in [6.45, 7) is 2.15. The zero-order valence-corrected chi connectivity index (χ0v) is 25.7. The van der Waals surface area contributed by atoms with E-state index in [4.69, 9.17) is 0 Å². The minimum Gasteiger partial charge on any atom is -0.0622 e. The molecule has 1 aliphatic rings. The van der Waals surface area contributed by atoms with Gasteiger partial charge in [-0.25, -0.2) is 0 Å². The minimum absolute atomic E-state index is 0.432. The molecule has 216 valence electrons.